The Morgan fingerprint density at radius 2 is 2.07 bits per heavy atom. The predicted molar refractivity (Wildman–Crippen MR) is 102 cm³/mol. The van der Waals surface area contributed by atoms with Crippen molar-refractivity contribution in [3.63, 3.8) is 0 Å². The summed E-state index contributed by atoms with van der Waals surface area (Å²) in [6.45, 7) is 1.96. The molecule has 5 nitrogen and oxygen atoms in total. The Morgan fingerprint density at radius 1 is 1.24 bits per heavy atom. The molecule has 0 saturated heterocycles. The monoisotopic (exact) mass is 397 g/mol. The van der Waals surface area contributed by atoms with Gasteiger partial charge in [-0.15, -0.1) is 0 Å². The van der Waals surface area contributed by atoms with Crippen LogP contribution in [0.5, 0.6) is 0 Å². The van der Waals surface area contributed by atoms with Crippen molar-refractivity contribution in [2.45, 2.75) is 51.1 Å². The zero-order valence-electron chi connectivity index (χ0n) is 16.1. The van der Waals surface area contributed by atoms with E-state index < -0.39 is 11.6 Å². The fraction of sp³-hybridized carbons (Fsp3) is 0.364. The summed E-state index contributed by atoms with van der Waals surface area (Å²) in [5.74, 6) is -1.22. The molecular weight excluding hydrogens is 376 g/mol. The number of carbonyl (C=O) groups is 1. The summed E-state index contributed by atoms with van der Waals surface area (Å²) >= 11 is 0. The molecule has 1 aromatic carbocycles. The average molecular weight is 397 g/mol. The van der Waals surface area contributed by atoms with Crippen LogP contribution >= 0.6 is 0 Å². The standard InChI is InChI=1S/C22H21F2N3O2/c1-13(20-6-3-11-29-20)26(14-7-8-14)22(28)21-16-4-2-5-19(16)27(25-21)15-9-10-17(23)18(24)12-15/h3,6,9-14H,2,4-5,7-8H2,1H3. The van der Waals surface area contributed by atoms with Crippen LogP contribution in [-0.4, -0.2) is 26.6 Å². The van der Waals surface area contributed by atoms with Gasteiger partial charge in [0.1, 0.15) is 5.76 Å². The number of hydrogen-bond acceptors (Lipinski definition) is 3. The number of nitrogens with zero attached hydrogens (tertiary/aromatic N) is 3. The van der Waals surface area contributed by atoms with Crippen molar-refractivity contribution in [3.8, 4) is 5.69 Å². The summed E-state index contributed by atoms with van der Waals surface area (Å²) in [5, 5.41) is 4.57. The maximum absolute atomic E-state index is 13.8. The lowest BCUT2D eigenvalue weighted by Crippen LogP contribution is -2.36. The number of amides is 1. The number of furan rings is 1. The first kappa shape index (κ1) is 18.1. The van der Waals surface area contributed by atoms with E-state index in [0.717, 1.165) is 61.3 Å². The third kappa shape index (κ3) is 3.05. The van der Waals surface area contributed by atoms with E-state index >= 15 is 0 Å². The maximum atomic E-state index is 13.8. The molecule has 0 radical (unpaired) electrons. The highest BCUT2D eigenvalue weighted by Crippen LogP contribution is 2.37. The molecule has 2 aromatic heterocycles. The Morgan fingerprint density at radius 3 is 2.76 bits per heavy atom. The first-order valence-electron chi connectivity index (χ1n) is 9.97. The fourth-order valence-electron chi connectivity index (χ4n) is 4.24. The SMILES string of the molecule is CC(c1ccco1)N(C(=O)c1nn(-c2ccc(F)c(F)c2)c2c1CCC2)C1CC1. The van der Waals surface area contributed by atoms with Crippen LogP contribution in [0.15, 0.2) is 41.0 Å². The van der Waals surface area contributed by atoms with Gasteiger partial charge in [-0.05, 0) is 63.3 Å². The van der Waals surface area contributed by atoms with E-state index in [0.29, 0.717) is 11.4 Å². The van der Waals surface area contributed by atoms with Crippen LogP contribution < -0.4 is 0 Å². The molecule has 0 N–H and O–H groups in total. The van der Waals surface area contributed by atoms with E-state index in [1.165, 1.54) is 6.07 Å². The van der Waals surface area contributed by atoms with Crippen molar-refractivity contribution >= 4 is 5.91 Å². The van der Waals surface area contributed by atoms with Crippen LogP contribution in [0.4, 0.5) is 8.78 Å². The summed E-state index contributed by atoms with van der Waals surface area (Å²) in [4.78, 5) is 15.4. The molecule has 0 bridgehead atoms. The van der Waals surface area contributed by atoms with E-state index in [4.69, 9.17) is 4.42 Å². The molecular formula is C22H21F2N3O2. The molecule has 1 atom stereocenters. The van der Waals surface area contributed by atoms with Gasteiger partial charge in [-0.3, -0.25) is 4.79 Å². The molecule has 2 aliphatic carbocycles. The molecule has 1 fully saturated rings. The lowest BCUT2D eigenvalue weighted by Gasteiger charge is -2.27. The zero-order valence-corrected chi connectivity index (χ0v) is 16.1. The Kier molecular flexibility index (Phi) is 4.26. The van der Waals surface area contributed by atoms with Gasteiger partial charge >= 0.3 is 0 Å². The highest BCUT2D eigenvalue weighted by Gasteiger charge is 2.40. The number of aromatic nitrogens is 2. The minimum Gasteiger partial charge on any atom is -0.467 e. The van der Waals surface area contributed by atoms with Gasteiger partial charge in [-0.2, -0.15) is 5.10 Å². The summed E-state index contributed by atoms with van der Waals surface area (Å²) in [7, 11) is 0. The topological polar surface area (TPSA) is 51.3 Å². The molecule has 0 aliphatic heterocycles. The quantitative estimate of drug-likeness (QED) is 0.632. The van der Waals surface area contributed by atoms with Crippen LogP contribution in [-0.2, 0) is 12.8 Å². The lowest BCUT2D eigenvalue weighted by atomic mass is 10.1. The Bertz CT molecular complexity index is 1070. The van der Waals surface area contributed by atoms with E-state index in [1.807, 2.05) is 24.0 Å². The van der Waals surface area contributed by atoms with Gasteiger partial charge in [0.15, 0.2) is 17.3 Å². The molecule has 150 valence electrons. The third-order valence-electron chi connectivity index (χ3n) is 5.83. The minimum absolute atomic E-state index is 0.129. The fourth-order valence-corrected chi connectivity index (χ4v) is 4.24. The van der Waals surface area contributed by atoms with Crippen molar-refractivity contribution in [3.05, 3.63) is 70.9 Å². The summed E-state index contributed by atoms with van der Waals surface area (Å²) in [5.41, 5.74) is 2.66. The smallest absolute Gasteiger partial charge is 0.275 e. The summed E-state index contributed by atoms with van der Waals surface area (Å²) < 4.78 is 34.3. The second-order valence-electron chi connectivity index (χ2n) is 7.77. The highest BCUT2D eigenvalue weighted by atomic mass is 19.2. The Balaban J connectivity index is 1.55. The molecule has 29 heavy (non-hydrogen) atoms. The normalized spacial score (nSPS) is 16.7. The number of benzene rings is 1. The number of fused-ring (bicyclic) bond motifs is 1. The summed E-state index contributed by atoms with van der Waals surface area (Å²) in [6.07, 6.45) is 5.95. The van der Waals surface area contributed by atoms with Crippen LogP contribution in [0.2, 0.25) is 0 Å². The van der Waals surface area contributed by atoms with Crippen molar-refractivity contribution in [1.29, 1.82) is 0 Å². The molecule has 1 saturated carbocycles. The van der Waals surface area contributed by atoms with E-state index in [9.17, 15) is 13.6 Å². The predicted octanol–water partition coefficient (Wildman–Crippen LogP) is 4.60. The van der Waals surface area contributed by atoms with Crippen LogP contribution in [0, 0.1) is 11.6 Å². The molecule has 3 aromatic rings. The number of rotatable bonds is 5. The molecule has 0 spiro atoms. The number of carbonyl (C=O) groups excluding carboxylic acids is 1. The van der Waals surface area contributed by atoms with Gasteiger partial charge in [0.2, 0.25) is 0 Å². The van der Waals surface area contributed by atoms with Gasteiger partial charge < -0.3 is 9.32 Å². The minimum atomic E-state index is -0.927. The van der Waals surface area contributed by atoms with Gasteiger partial charge in [-0.25, -0.2) is 13.5 Å². The van der Waals surface area contributed by atoms with E-state index in [1.54, 1.807) is 10.9 Å². The van der Waals surface area contributed by atoms with Crippen LogP contribution in [0.25, 0.3) is 5.69 Å². The largest absolute Gasteiger partial charge is 0.467 e. The van der Waals surface area contributed by atoms with Crippen LogP contribution in [0.1, 0.15) is 59.7 Å². The van der Waals surface area contributed by atoms with Gasteiger partial charge in [0, 0.05) is 23.4 Å². The van der Waals surface area contributed by atoms with Crippen molar-refractivity contribution in [1.82, 2.24) is 14.7 Å². The third-order valence-corrected chi connectivity index (χ3v) is 5.83. The summed E-state index contributed by atoms with van der Waals surface area (Å²) in [6, 6.07) is 7.37. The lowest BCUT2D eigenvalue weighted by molar-refractivity contribution is 0.0645. The van der Waals surface area contributed by atoms with Crippen molar-refractivity contribution < 1.29 is 18.0 Å². The molecule has 2 aliphatic rings. The van der Waals surface area contributed by atoms with Crippen LogP contribution in [0.3, 0.4) is 0 Å². The maximum Gasteiger partial charge on any atom is 0.275 e. The molecule has 1 unspecified atom stereocenters. The first-order valence-corrected chi connectivity index (χ1v) is 9.97. The Labute approximate surface area is 166 Å². The van der Waals surface area contributed by atoms with E-state index in [-0.39, 0.29) is 18.0 Å². The zero-order chi connectivity index (χ0) is 20.1. The molecule has 5 rings (SSSR count). The van der Waals surface area contributed by atoms with Crippen molar-refractivity contribution in [2.75, 3.05) is 0 Å². The molecule has 7 heteroatoms. The van der Waals surface area contributed by atoms with Gasteiger partial charge in [0.05, 0.1) is 18.0 Å². The second-order valence-corrected chi connectivity index (χ2v) is 7.77. The number of hydrogen-bond donors (Lipinski definition) is 0. The highest BCUT2D eigenvalue weighted by molar-refractivity contribution is 5.95. The van der Waals surface area contributed by atoms with Crippen molar-refractivity contribution in [2.24, 2.45) is 0 Å². The first-order chi connectivity index (χ1) is 14.0. The Hall–Kier alpha value is -2.96. The molecule has 2 heterocycles. The second kappa shape index (κ2) is 6.83. The van der Waals surface area contributed by atoms with E-state index in [2.05, 4.69) is 5.10 Å². The average Bonchev–Trinajstić information content (AvgIpc) is 3.13. The molecule has 1 amide bonds. The number of halogens is 2. The van der Waals surface area contributed by atoms with Gasteiger partial charge in [0.25, 0.3) is 5.91 Å². The van der Waals surface area contributed by atoms with Gasteiger partial charge in [-0.1, -0.05) is 0 Å².